The van der Waals surface area contributed by atoms with E-state index < -0.39 is 34.4 Å². The standard InChI is InChI=1S/C32H30Cl3N3O4S/c1-22-11-14-27(15-12-22)43(41,42)38(26-13-16-28(34)29(35)19-26)21-31(39)37(20-24-9-6-10-25(33)17-24)30(32(40)36-2)18-23-7-4-3-5-8-23/h3-17,19,30H,18,20-21H2,1-2H3,(H,36,40)/t30-/m0/s1. The summed E-state index contributed by atoms with van der Waals surface area (Å²) in [5.74, 6) is -1.01. The minimum absolute atomic E-state index is 0.00407. The van der Waals surface area contributed by atoms with E-state index in [9.17, 15) is 18.0 Å². The van der Waals surface area contributed by atoms with E-state index in [4.69, 9.17) is 34.8 Å². The van der Waals surface area contributed by atoms with Crippen LogP contribution in [-0.4, -0.2) is 44.8 Å². The maximum Gasteiger partial charge on any atom is 0.264 e. The van der Waals surface area contributed by atoms with Crippen molar-refractivity contribution in [3.8, 4) is 0 Å². The summed E-state index contributed by atoms with van der Waals surface area (Å²) in [4.78, 5) is 29.0. The van der Waals surface area contributed by atoms with Gasteiger partial charge in [-0.2, -0.15) is 0 Å². The molecule has 7 nitrogen and oxygen atoms in total. The van der Waals surface area contributed by atoms with Gasteiger partial charge in [0.15, 0.2) is 0 Å². The maximum atomic E-state index is 14.3. The van der Waals surface area contributed by atoms with E-state index in [-0.39, 0.29) is 33.6 Å². The largest absolute Gasteiger partial charge is 0.357 e. The first kappa shape index (κ1) is 32.4. The predicted octanol–water partition coefficient (Wildman–Crippen LogP) is 6.54. The highest BCUT2D eigenvalue weighted by molar-refractivity contribution is 7.92. The smallest absolute Gasteiger partial charge is 0.264 e. The Kier molecular flexibility index (Phi) is 10.7. The molecule has 0 spiro atoms. The molecule has 1 atom stereocenters. The van der Waals surface area contributed by atoms with Crippen LogP contribution in [0.15, 0.2) is 102 Å². The van der Waals surface area contributed by atoms with Crippen LogP contribution in [0.2, 0.25) is 15.1 Å². The molecule has 0 unspecified atom stereocenters. The van der Waals surface area contributed by atoms with Crippen LogP contribution in [0.4, 0.5) is 5.69 Å². The van der Waals surface area contributed by atoms with Gasteiger partial charge in [-0.25, -0.2) is 8.42 Å². The molecule has 0 heterocycles. The molecule has 2 amide bonds. The average Bonchev–Trinajstić information content (AvgIpc) is 2.99. The molecule has 0 bridgehead atoms. The number of nitrogens with zero attached hydrogens (tertiary/aromatic N) is 2. The summed E-state index contributed by atoms with van der Waals surface area (Å²) in [7, 11) is -2.76. The molecule has 0 aliphatic rings. The third kappa shape index (κ3) is 8.09. The van der Waals surface area contributed by atoms with E-state index in [2.05, 4.69) is 5.32 Å². The van der Waals surface area contributed by atoms with Crippen LogP contribution in [0, 0.1) is 6.92 Å². The summed E-state index contributed by atoms with van der Waals surface area (Å²) in [5, 5.41) is 3.47. The summed E-state index contributed by atoms with van der Waals surface area (Å²) in [6.07, 6.45) is 0.199. The first-order valence-corrected chi connectivity index (χ1v) is 15.9. The fraction of sp³-hybridized carbons (Fsp3) is 0.188. The van der Waals surface area contributed by atoms with Crippen molar-refractivity contribution in [2.75, 3.05) is 17.9 Å². The summed E-state index contributed by atoms with van der Waals surface area (Å²) >= 11 is 18.7. The normalized spacial score (nSPS) is 11.9. The van der Waals surface area contributed by atoms with Crippen LogP contribution < -0.4 is 9.62 Å². The molecule has 0 aromatic heterocycles. The van der Waals surface area contributed by atoms with Gasteiger partial charge in [-0.3, -0.25) is 13.9 Å². The second-order valence-electron chi connectivity index (χ2n) is 9.89. The highest BCUT2D eigenvalue weighted by Crippen LogP contribution is 2.31. The van der Waals surface area contributed by atoms with Gasteiger partial charge in [-0.15, -0.1) is 0 Å². The number of carbonyl (C=O) groups is 2. The van der Waals surface area contributed by atoms with E-state index in [0.29, 0.717) is 10.6 Å². The molecule has 1 N–H and O–H groups in total. The molecule has 4 aromatic carbocycles. The van der Waals surface area contributed by atoms with Gasteiger partial charge in [0.05, 0.1) is 20.6 Å². The molecule has 0 saturated carbocycles. The predicted molar refractivity (Wildman–Crippen MR) is 172 cm³/mol. The number of rotatable bonds is 11. The zero-order valence-electron chi connectivity index (χ0n) is 23.5. The van der Waals surface area contributed by atoms with Gasteiger partial charge in [-0.1, -0.05) is 95.0 Å². The molecule has 4 rings (SSSR count). The molecule has 0 radical (unpaired) electrons. The highest BCUT2D eigenvalue weighted by atomic mass is 35.5. The average molecular weight is 659 g/mol. The molecule has 0 fully saturated rings. The van der Waals surface area contributed by atoms with Crippen LogP contribution >= 0.6 is 34.8 Å². The summed E-state index contributed by atoms with van der Waals surface area (Å²) in [6, 6.07) is 25.9. The number of nitrogens with one attached hydrogen (secondary N) is 1. The molecule has 224 valence electrons. The zero-order valence-corrected chi connectivity index (χ0v) is 26.6. The molecule has 11 heteroatoms. The molecule has 0 aliphatic carbocycles. The lowest BCUT2D eigenvalue weighted by Gasteiger charge is -2.33. The number of likely N-dealkylation sites (N-methyl/N-ethyl adjacent to an activating group) is 1. The Morgan fingerprint density at radius 2 is 1.49 bits per heavy atom. The van der Waals surface area contributed by atoms with Gasteiger partial charge < -0.3 is 10.2 Å². The number of aryl methyl sites for hydroxylation is 1. The van der Waals surface area contributed by atoms with E-state index in [1.54, 1.807) is 36.4 Å². The van der Waals surface area contributed by atoms with Crippen LogP contribution in [-0.2, 0) is 32.6 Å². The van der Waals surface area contributed by atoms with Gasteiger partial charge in [0.2, 0.25) is 11.8 Å². The molecular weight excluding hydrogens is 629 g/mol. The Labute approximate surface area is 267 Å². The summed E-state index contributed by atoms with van der Waals surface area (Å²) in [6.45, 7) is 1.23. The lowest BCUT2D eigenvalue weighted by Crippen LogP contribution is -2.53. The first-order valence-electron chi connectivity index (χ1n) is 13.3. The Balaban J connectivity index is 1.80. The Bertz CT molecular complexity index is 1700. The molecular formula is C32H30Cl3N3O4S. The van der Waals surface area contributed by atoms with Gasteiger partial charge >= 0.3 is 0 Å². The van der Waals surface area contributed by atoms with Gasteiger partial charge in [0.25, 0.3) is 10.0 Å². The number of sulfonamides is 1. The van der Waals surface area contributed by atoms with Crippen molar-refractivity contribution in [3.05, 3.63) is 129 Å². The van der Waals surface area contributed by atoms with Crippen LogP contribution in [0.25, 0.3) is 0 Å². The third-order valence-corrected chi connectivity index (χ3v) is 9.60. The Morgan fingerprint density at radius 1 is 0.814 bits per heavy atom. The fourth-order valence-electron chi connectivity index (χ4n) is 4.56. The highest BCUT2D eigenvalue weighted by Gasteiger charge is 2.34. The van der Waals surface area contributed by atoms with E-state index in [0.717, 1.165) is 15.4 Å². The van der Waals surface area contributed by atoms with Gasteiger partial charge in [0.1, 0.15) is 12.6 Å². The van der Waals surface area contributed by atoms with E-state index in [1.807, 2.05) is 37.3 Å². The summed E-state index contributed by atoms with van der Waals surface area (Å²) < 4.78 is 29.1. The fourth-order valence-corrected chi connectivity index (χ4v) is 6.47. The molecule has 4 aromatic rings. The van der Waals surface area contributed by atoms with Crippen LogP contribution in [0.5, 0.6) is 0 Å². The monoisotopic (exact) mass is 657 g/mol. The van der Waals surface area contributed by atoms with Crippen molar-refractivity contribution < 1.29 is 18.0 Å². The number of benzene rings is 4. The van der Waals surface area contributed by atoms with E-state index >= 15 is 0 Å². The van der Waals surface area contributed by atoms with Crippen molar-refractivity contribution in [2.45, 2.75) is 30.8 Å². The van der Waals surface area contributed by atoms with Crippen LogP contribution in [0.1, 0.15) is 16.7 Å². The van der Waals surface area contributed by atoms with E-state index in [1.165, 1.54) is 42.3 Å². The quantitative estimate of drug-likeness (QED) is 0.198. The zero-order chi connectivity index (χ0) is 31.1. The minimum Gasteiger partial charge on any atom is -0.357 e. The Hall–Kier alpha value is -3.56. The lowest BCUT2D eigenvalue weighted by molar-refractivity contribution is -0.139. The SMILES string of the molecule is CNC(=O)[C@H](Cc1ccccc1)N(Cc1cccc(Cl)c1)C(=O)CN(c1ccc(Cl)c(Cl)c1)S(=O)(=O)c1ccc(C)cc1. The number of halogens is 3. The second-order valence-corrected chi connectivity index (χ2v) is 13.0. The van der Waals surface area contributed by atoms with Crippen molar-refractivity contribution in [3.63, 3.8) is 0 Å². The van der Waals surface area contributed by atoms with Crippen molar-refractivity contribution in [1.29, 1.82) is 0 Å². The molecule has 0 saturated heterocycles. The minimum atomic E-state index is -4.26. The molecule has 0 aliphatic heterocycles. The first-order chi connectivity index (χ1) is 20.5. The topological polar surface area (TPSA) is 86.8 Å². The van der Waals surface area contributed by atoms with Crippen LogP contribution in [0.3, 0.4) is 0 Å². The van der Waals surface area contributed by atoms with Crippen molar-refractivity contribution >= 4 is 62.3 Å². The summed E-state index contributed by atoms with van der Waals surface area (Å²) in [5.41, 5.74) is 2.52. The number of hydrogen-bond donors (Lipinski definition) is 1. The van der Waals surface area contributed by atoms with Crippen molar-refractivity contribution in [1.82, 2.24) is 10.2 Å². The van der Waals surface area contributed by atoms with Gasteiger partial charge in [0, 0.05) is 25.0 Å². The number of carbonyl (C=O) groups excluding carboxylic acids is 2. The second kappa shape index (κ2) is 14.3. The van der Waals surface area contributed by atoms with Gasteiger partial charge in [-0.05, 0) is 60.5 Å². The van der Waals surface area contributed by atoms with Crippen molar-refractivity contribution in [2.24, 2.45) is 0 Å². The maximum absolute atomic E-state index is 14.3. The number of hydrogen-bond acceptors (Lipinski definition) is 4. The lowest BCUT2D eigenvalue weighted by atomic mass is 10.0. The number of anilines is 1. The number of amides is 2. The third-order valence-electron chi connectivity index (χ3n) is 6.84. The molecule has 43 heavy (non-hydrogen) atoms. The Morgan fingerprint density at radius 3 is 2.12 bits per heavy atom.